The maximum Gasteiger partial charge on any atom is 0.231 e. The molecule has 4 aromatic rings. The minimum absolute atomic E-state index is 0.0110. The zero-order valence-corrected chi connectivity index (χ0v) is 17.3. The number of anilines is 2. The summed E-state index contributed by atoms with van der Waals surface area (Å²) < 4.78 is 2.79. The number of carbonyl (C=O) groups is 1. The van der Waals surface area contributed by atoms with E-state index in [0.717, 1.165) is 35.4 Å². The van der Waals surface area contributed by atoms with Crippen LogP contribution in [-0.4, -0.2) is 43.7 Å². The van der Waals surface area contributed by atoms with Crippen LogP contribution < -0.4 is 10.2 Å². The van der Waals surface area contributed by atoms with Crippen LogP contribution >= 0.6 is 11.3 Å². The molecule has 1 amide bonds. The monoisotopic (exact) mass is 419 g/mol. The maximum absolute atomic E-state index is 12.9. The Kier molecular flexibility index (Phi) is 4.88. The molecule has 4 heterocycles. The molecule has 9 heteroatoms. The van der Waals surface area contributed by atoms with Crippen LogP contribution in [0, 0.1) is 12.8 Å². The molecule has 3 aromatic heterocycles. The van der Waals surface area contributed by atoms with Crippen molar-refractivity contribution in [3.05, 3.63) is 54.6 Å². The van der Waals surface area contributed by atoms with Crippen LogP contribution in [0.3, 0.4) is 0 Å². The summed E-state index contributed by atoms with van der Waals surface area (Å²) in [6.07, 6.45) is 6.88. The van der Waals surface area contributed by atoms with Crippen molar-refractivity contribution in [2.24, 2.45) is 5.92 Å². The summed E-state index contributed by atoms with van der Waals surface area (Å²) in [4.78, 5) is 28.3. The van der Waals surface area contributed by atoms with E-state index in [4.69, 9.17) is 0 Å². The summed E-state index contributed by atoms with van der Waals surface area (Å²) in [6, 6.07) is 9.88. The number of benzene rings is 1. The van der Waals surface area contributed by atoms with Crippen LogP contribution in [0.15, 0.2) is 49.1 Å². The molecule has 1 saturated heterocycles. The normalized spacial score (nSPS) is 16.7. The number of thiazole rings is 1. The zero-order chi connectivity index (χ0) is 20.5. The van der Waals surface area contributed by atoms with Gasteiger partial charge in [-0.25, -0.2) is 19.6 Å². The van der Waals surface area contributed by atoms with Gasteiger partial charge in [0.15, 0.2) is 10.9 Å². The number of aryl methyl sites for hydroxylation is 1. The predicted molar refractivity (Wildman–Crippen MR) is 117 cm³/mol. The number of amides is 1. The van der Waals surface area contributed by atoms with E-state index in [0.29, 0.717) is 17.5 Å². The van der Waals surface area contributed by atoms with E-state index in [9.17, 15) is 4.79 Å². The van der Waals surface area contributed by atoms with Crippen molar-refractivity contribution in [3.8, 4) is 5.82 Å². The van der Waals surface area contributed by atoms with Crippen molar-refractivity contribution in [1.82, 2.24) is 24.7 Å². The van der Waals surface area contributed by atoms with Crippen molar-refractivity contribution in [2.45, 2.75) is 19.8 Å². The third kappa shape index (κ3) is 3.76. The van der Waals surface area contributed by atoms with Gasteiger partial charge in [-0.05, 0) is 43.5 Å². The van der Waals surface area contributed by atoms with Crippen molar-refractivity contribution in [2.75, 3.05) is 23.3 Å². The Bertz CT molecular complexity index is 1190. The molecule has 5 rings (SSSR count). The van der Waals surface area contributed by atoms with Crippen LogP contribution in [0.2, 0.25) is 0 Å². The highest BCUT2D eigenvalue weighted by molar-refractivity contribution is 7.22. The molecule has 1 atom stereocenters. The molecule has 0 aliphatic carbocycles. The first-order chi connectivity index (χ1) is 14.7. The minimum Gasteiger partial charge on any atom is -0.356 e. The average molecular weight is 420 g/mol. The number of piperidine rings is 1. The van der Waals surface area contributed by atoms with Gasteiger partial charge in [0, 0.05) is 31.5 Å². The van der Waals surface area contributed by atoms with Crippen molar-refractivity contribution < 1.29 is 4.79 Å². The maximum atomic E-state index is 12.9. The summed E-state index contributed by atoms with van der Waals surface area (Å²) in [5.41, 5.74) is 2.10. The molecule has 1 N–H and O–H groups in total. The van der Waals surface area contributed by atoms with E-state index >= 15 is 0 Å². The first-order valence-electron chi connectivity index (χ1n) is 9.91. The fourth-order valence-electron chi connectivity index (χ4n) is 3.73. The predicted octanol–water partition coefficient (Wildman–Crippen LogP) is 3.44. The lowest BCUT2D eigenvalue weighted by molar-refractivity contribution is -0.120. The molecular formula is C21H21N7OS. The summed E-state index contributed by atoms with van der Waals surface area (Å²) >= 11 is 1.51. The second kappa shape index (κ2) is 7.83. The number of hydrogen-bond acceptors (Lipinski definition) is 7. The fraction of sp³-hybridized carbons (Fsp3) is 0.286. The van der Waals surface area contributed by atoms with Crippen LogP contribution in [0.5, 0.6) is 0 Å². The lowest BCUT2D eigenvalue weighted by Crippen LogP contribution is -2.41. The number of nitrogens with zero attached hydrogens (tertiary/aromatic N) is 6. The van der Waals surface area contributed by atoms with Crippen LogP contribution in [0.1, 0.15) is 18.4 Å². The smallest absolute Gasteiger partial charge is 0.231 e. The fourth-order valence-corrected chi connectivity index (χ4v) is 4.70. The summed E-state index contributed by atoms with van der Waals surface area (Å²) in [5, 5.41) is 7.90. The SMILES string of the molecule is Cc1ccc2nc(NC(=O)C3CCCN(c4cc(-n5cccn5)ncn4)C3)sc2c1. The van der Waals surface area contributed by atoms with E-state index in [1.54, 1.807) is 17.2 Å². The number of aromatic nitrogens is 5. The van der Waals surface area contributed by atoms with Crippen molar-refractivity contribution >= 4 is 38.4 Å². The van der Waals surface area contributed by atoms with E-state index < -0.39 is 0 Å². The Balaban J connectivity index is 1.30. The number of hydrogen-bond donors (Lipinski definition) is 1. The van der Waals surface area contributed by atoms with Gasteiger partial charge in [-0.3, -0.25) is 4.79 Å². The summed E-state index contributed by atoms with van der Waals surface area (Å²) in [7, 11) is 0. The van der Waals surface area contributed by atoms with Gasteiger partial charge in [0.05, 0.1) is 16.1 Å². The van der Waals surface area contributed by atoms with Gasteiger partial charge >= 0.3 is 0 Å². The number of rotatable bonds is 4. The Morgan fingerprint density at radius 2 is 2.13 bits per heavy atom. The van der Waals surface area contributed by atoms with Crippen LogP contribution in [0.4, 0.5) is 10.9 Å². The third-order valence-electron chi connectivity index (χ3n) is 5.27. The highest BCUT2D eigenvalue weighted by Crippen LogP contribution is 2.28. The van der Waals surface area contributed by atoms with Gasteiger partial charge in [-0.2, -0.15) is 5.10 Å². The van der Waals surface area contributed by atoms with Gasteiger partial charge in [0.25, 0.3) is 0 Å². The molecular weight excluding hydrogens is 398 g/mol. The van der Waals surface area contributed by atoms with Crippen LogP contribution in [-0.2, 0) is 4.79 Å². The summed E-state index contributed by atoms with van der Waals surface area (Å²) in [6.45, 7) is 3.53. The van der Waals surface area contributed by atoms with Gasteiger partial charge in [-0.1, -0.05) is 17.4 Å². The largest absolute Gasteiger partial charge is 0.356 e. The zero-order valence-electron chi connectivity index (χ0n) is 16.5. The molecule has 0 radical (unpaired) electrons. The molecule has 30 heavy (non-hydrogen) atoms. The first kappa shape index (κ1) is 18.7. The lowest BCUT2D eigenvalue weighted by atomic mass is 9.97. The molecule has 1 fully saturated rings. The molecule has 1 aliphatic heterocycles. The number of carbonyl (C=O) groups excluding carboxylic acids is 1. The average Bonchev–Trinajstić information content (AvgIpc) is 3.43. The molecule has 1 unspecified atom stereocenters. The second-order valence-corrected chi connectivity index (χ2v) is 8.48. The van der Waals surface area contributed by atoms with E-state index in [1.165, 1.54) is 16.9 Å². The first-order valence-corrected chi connectivity index (χ1v) is 10.7. The molecule has 0 spiro atoms. The highest BCUT2D eigenvalue weighted by Gasteiger charge is 2.27. The minimum atomic E-state index is -0.115. The van der Waals surface area contributed by atoms with E-state index in [1.807, 2.05) is 30.5 Å². The van der Waals surface area contributed by atoms with E-state index in [-0.39, 0.29) is 11.8 Å². The molecule has 1 aliphatic rings. The quantitative estimate of drug-likeness (QED) is 0.545. The van der Waals surface area contributed by atoms with Crippen LogP contribution in [0.25, 0.3) is 16.0 Å². The van der Waals surface area contributed by atoms with E-state index in [2.05, 4.69) is 43.3 Å². The van der Waals surface area contributed by atoms with Gasteiger partial charge in [0.1, 0.15) is 12.1 Å². The lowest BCUT2D eigenvalue weighted by Gasteiger charge is -2.32. The topological polar surface area (TPSA) is 88.8 Å². The Morgan fingerprint density at radius 1 is 1.23 bits per heavy atom. The van der Waals surface area contributed by atoms with Gasteiger partial charge < -0.3 is 10.2 Å². The van der Waals surface area contributed by atoms with Crippen molar-refractivity contribution in [3.63, 3.8) is 0 Å². The molecule has 8 nitrogen and oxygen atoms in total. The van der Waals surface area contributed by atoms with Gasteiger partial charge in [0.2, 0.25) is 5.91 Å². The Hall–Kier alpha value is -3.33. The standard InChI is InChI=1S/C21H21N7OS/c1-14-5-6-16-17(10-14)30-21(25-16)26-20(29)15-4-2-8-27(12-15)18-11-19(23-13-22-18)28-9-3-7-24-28/h3,5-7,9-11,13,15H,2,4,8,12H2,1H3,(H,25,26,29). The summed E-state index contributed by atoms with van der Waals surface area (Å²) in [5.74, 6) is 1.41. The highest BCUT2D eigenvalue weighted by atomic mass is 32.1. The molecule has 0 saturated carbocycles. The van der Waals surface area contributed by atoms with Crippen molar-refractivity contribution in [1.29, 1.82) is 0 Å². The third-order valence-corrected chi connectivity index (χ3v) is 6.20. The Labute approximate surface area is 177 Å². The molecule has 1 aromatic carbocycles. The molecule has 152 valence electrons. The Morgan fingerprint density at radius 3 is 3.00 bits per heavy atom. The second-order valence-electron chi connectivity index (χ2n) is 7.45. The van der Waals surface area contributed by atoms with Gasteiger partial charge in [-0.15, -0.1) is 0 Å². The number of fused-ring (bicyclic) bond motifs is 1. The number of nitrogens with one attached hydrogen (secondary N) is 1. The molecule has 0 bridgehead atoms.